The molecule has 0 saturated heterocycles. The van der Waals surface area contributed by atoms with E-state index in [1.807, 2.05) is 29.2 Å². The van der Waals surface area contributed by atoms with Gasteiger partial charge in [-0.05, 0) is 41.8 Å². The minimum atomic E-state index is -0.0111. The normalized spacial score (nSPS) is 20.9. The van der Waals surface area contributed by atoms with Crippen molar-refractivity contribution in [1.82, 2.24) is 4.90 Å². The summed E-state index contributed by atoms with van der Waals surface area (Å²) in [5.41, 5.74) is 3.16. The fourth-order valence-corrected chi connectivity index (χ4v) is 3.58. The average molecular weight is 378 g/mol. The molecule has 5 heteroatoms. The van der Waals surface area contributed by atoms with Crippen molar-refractivity contribution in [3.05, 3.63) is 57.3 Å². The van der Waals surface area contributed by atoms with E-state index in [1.54, 1.807) is 14.2 Å². The molecule has 1 aromatic carbocycles. The molecule has 0 radical (unpaired) electrons. The van der Waals surface area contributed by atoms with Crippen LogP contribution in [0.15, 0.2) is 51.7 Å². The first-order valence-electron chi connectivity index (χ1n) is 7.66. The number of nitrogens with zero attached hydrogens (tertiary/aromatic N) is 1. The molecule has 3 rings (SSSR count). The number of hydrogen-bond donors (Lipinski definition) is 0. The summed E-state index contributed by atoms with van der Waals surface area (Å²) >= 11 is 3.42. The highest BCUT2D eigenvalue weighted by Crippen LogP contribution is 2.32. The number of allylic oxidation sites excluding steroid dienone is 1. The van der Waals surface area contributed by atoms with Crippen LogP contribution in [0.3, 0.4) is 0 Å². The third-order valence-corrected chi connectivity index (χ3v) is 4.93. The van der Waals surface area contributed by atoms with Gasteiger partial charge in [0.1, 0.15) is 0 Å². The van der Waals surface area contributed by atoms with Crippen LogP contribution in [0.25, 0.3) is 0 Å². The predicted molar refractivity (Wildman–Crippen MR) is 92.2 cm³/mol. The van der Waals surface area contributed by atoms with Crippen LogP contribution < -0.4 is 0 Å². The number of carbonyl (C=O) groups is 1. The highest BCUT2D eigenvalue weighted by Gasteiger charge is 2.31. The van der Waals surface area contributed by atoms with Crippen LogP contribution in [0.4, 0.5) is 0 Å². The Balaban J connectivity index is 1.83. The lowest BCUT2D eigenvalue weighted by Crippen LogP contribution is -2.41. The van der Waals surface area contributed by atoms with Crippen LogP contribution in [0.2, 0.25) is 0 Å². The van der Waals surface area contributed by atoms with Crippen LogP contribution in [-0.4, -0.2) is 44.2 Å². The number of hydrogen-bond acceptors (Lipinski definition) is 3. The summed E-state index contributed by atoms with van der Waals surface area (Å²) in [6, 6.07) is 7.53. The summed E-state index contributed by atoms with van der Waals surface area (Å²) in [7, 11) is 3.40. The second kappa shape index (κ2) is 6.89. The number of ether oxygens (including phenoxy) is 2. The topological polar surface area (TPSA) is 38.8 Å². The molecule has 0 saturated carbocycles. The average Bonchev–Trinajstić information content (AvgIpc) is 2.59. The van der Waals surface area contributed by atoms with Crippen LogP contribution in [0.1, 0.15) is 23.2 Å². The Morgan fingerprint density at radius 2 is 2.17 bits per heavy atom. The van der Waals surface area contributed by atoms with E-state index in [0.29, 0.717) is 18.7 Å². The quantitative estimate of drug-likeness (QED) is 0.808. The molecule has 1 unspecified atom stereocenters. The first kappa shape index (κ1) is 16.3. The Hall–Kier alpha value is -1.59. The molecule has 122 valence electrons. The molecule has 2 aliphatic rings. The lowest BCUT2D eigenvalue weighted by Gasteiger charge is -2.36. The maximum Gasteiger partial charge on any atom is 0.254 e. The molecule has 1 amide bonds. The van der Waals surface area contributed by atoms with Crippen LogP contribution in [-0.2, 0) is 9.47 Å². The van der Waals surface area contributed by atoms with Crippen molar-refractivity contribution in [2.24, 2.45) is 0 Å². The molecular weight excluding hydrogens is 358 g/mol. The Kier molecular flexibility index (Phi) is 4.87. The molecule has 1 aliphatic heterocycles. The number of benzene rings is 1. The summed E-state index contributed by atoms with van der Waals surface area (Å²) < 4.78 is 11.9. The van der Waals surface area contributed by atoms with E-state index in [-0.39, 0.29) is 12.0 Å². The van der Waals surface area contributed by atoms with E-state index in [1.165, 1.54) is 11.1 Å². The second-order valence-electron chi connectivity index (χ2n) is 5.78. The van der Waals surface area contributed by atoms with Gasteiger partial charge in [0.25, 0.3) is 5.91 Å². The van der Waals surface area contributed by atoms with Gasteiger partial charge < -0.3 is 14.4 Å². The van der Waals surface area contributed by atoms with Crippen molar-refractivity contribution in [3.63, 3.8) is 0 Å². The van der Waals surface area contributed by atoms with Gasteiger partial charge in [0.15, 0.2) is 0 Å². The number of halogens is 1. The zero-order chi connectivity index (χ0) is 16.4. The molecule has 4 nitrogen and oxygen atoms in total. The Morgan fingerprint density at radius 1 is 1.35 bits per heavy atom. The fourth-order valence-electron chi connectivity index (χ4n) is 3.18. The summed E-state index contributed by atoms with van der Waals surface area (Å²) in [6.45, 7) is 1.33. The minimum absolute atomic E-state index is 0.0111. The third-order valence-electron chi connectivity index (χ3n) is 4.44. The molecule has 0 aromatic heterocycles. The molecule has 1 atom stereocenters. The van der Waals surface area contributed by atoms with E-state index in [4.69, 9.17) is 9.47 Å². The largest absolute Gasteiger partial charge is 0.501 e. The maximum absolute atomic E-state index is 12.7. The highest BCUT2D eigenvalue weighted by molar-refractivity contribution is 9.10. The molecule has 23 heavy (non-hydrogen) atoms. The standard InChI is InChI=1S/C18H20BrNO3/c1-22-15-9-12-6-7-20(11-16(12)17(10-15)23-2)18(21)13-4-3-5-14(19)8-13/h3-5,8-9,17H,6-7,10-11H2,1-2H3. The van der Waals surface area contributed by atoms with Crippen LogP contribution in [0.5, 0.6) is 0 Å². The van der Waals surface area contributed by atoms with E-state index >= 15 is 0 Å². The minimum Gasteiger partial charge on any atom is -0.501 e. The lowest BCUT2D eigenvalue weighted by molar-refractivity contribution is 0.0708. The summed E-state index contributed by atoms with van der Waals surface area (Å²) in [5, 5.41) is 0. The molecule has 1 aromatic rings. The Morgan fingerprint density at radius 3 is 2.87 bits per heavy atom. The van der Waals surface area contributed by atoms with E-state index in [9.17, 15) is 4.79 Å². The third kappa shape index (κ3) is 3.35. The Bertz CT molecular complexity index is 681. The van der Waals surface area contributed by atoms with Gasteiger partial charge in [-0.2, -0.15) is 0 Å². The lowest BCUT2D eigenvalue weighted by atomic mass is 9.88. The summed E-state index contributed by atoms with van der Waals surface area (Å²) in [6.07, 6.45) is 3.65. The first-order valence-corrected chi connectivity index (χ1v) is 8.45. The van der Waals surface area contributed by atoms with Gasteiger partial charge in [0, 0.05) is 36.7 Å². The van der Waals surface area contributed by atoms with Gasteiger partial charge in [-0.1, -0.05) is 22.0 Å². The monoisotopic (exact) mass is 377 g/mol. The van der Waals surface area contributed by atoms with Crippen molar-refractivity contribution in [2.45, 2.75) is 18.9 Å². The number of amides is 1. The number of methoxy groups -OCH3 is 2. The molecule has 1 heterocycles. The smallest absolute Gasteiger partial charge is 0.254 e. The van der Waals surface area contributed by atoms with Crippen molar-refractivity contribution < 1.29 is 14.3 Å². The van der Waals surface area contributed by atoms with Crippen molar-refractivity contribution in [3.8, 4) is 0 Å². The van der Waals surface area contributed by atoms with Crippen molar-refractivity contribution in [2.75, 3.05) is 27.3 Å². The molecule has 0 bridgehead atoms. The van der Waals surface area contributed by atoms with Gasteiger partial charge in [-0.3, -0.25) is 4.79 Å². The molecular formula is C18H20BrNO3. The van der Waals surface area contributed by atoms with Gasteiger partial charge >= 0.3 is 0 Å². The zero-order valence-electron chi connectivity index (χ0n) is 13.3. The van der Waals surface area contributed by atoms with E-state index in [2.05, 4.69) is 22.0 Å². The summed E-state index contributed by atoms with van der Waals surface area (Å²) in [4.78, 5) is 14.6. The van der Waals surface area contributed by atoms with Gasteiger partial charge in [0.2, 0.25) is 0 Å². The molecule has 1 aliphatic carbocycles. The predicted octanol–water partition coefficient (Wildman–Crippen LogP) is 3.54. The van der Waals surface area contributed by atoms with Gasteiger partial charge in [0.05, 0.1) is 19.0 Å². The molecule has 0 spiro atoms. The molecule has 0 fully saturated rings. The first-order chi connectivity index (χ1) is 11.1. The van der Waals surface area contributed by atoms with Gasteiger partial charge in [-0.25, -0.2) is 0 Å². The fraction of sp³-hybridized carbons (Fsp3) is 0.389. The van der Waals surface area contributed by atoms with Crippen molar-refractivity contribution in [1.29, 1.82) is 0 Å². The van der Waals surface area contributed by atoms with E-state index in [0.717, 1.165) is 23.1 Å². The van der Waals surface area contributed by atoms with Gasteiger partial charge in [-0.15, -0.1) is 0 Å². The van der Waals surface area contributed by atoms with E-state index < -0.39 is 0 Å². The second-order valence-corrected chi connectivity index (χ2v) is 6.70. The van der Waals surface area contributed by atoms with Crippen molar-refractivity contribution >= 4 is 21.8 Å². The maximum atomic E-state index is 12.7. The SMILES string of the molecule is COC1=CC2=C(CN(C(=O)c3cccc(Br)c3)CC2)C(OC)C1. The van der Waals surface area contributed by atoms with Crippen LogP contribution in [0, 0.1) is 0 Å². The van der Waals surface area contributed by atoms with Crippen LogP contribution >= 0.6 is 15.9 Å². The number of rotatable bonds is 3. The summed E-state index contributed by atoms with van der Waals surface area (Å²) in [5.74, 6) is 1.01. The number of carbonyl (C=O) groups excluding carboxylic acids is 1. The Labute approximate surface area is 144 Å². The zero-order valence-corrected chi connectivity index (χ0v) is 14.9. The highest BCUT2D eigenvalue weighted by atomic mass is 79.9. The molecule has 0 N–H and O–H groups in total.